The van der Waals surface area contributed by atoms with Gasteiger partial charge in [-0.2, -0.15) is 0 Å². The van der Waals surface area contributed by atoms with E-state index in [0.29, 0.717) is 5.56 Å². The Bertz CT molecular complexity index is 908. The summed E-state index contributed by atoms with van der Waals surface area (Å²) < 4.78 is 15.5. The van der Waals surface area contributed by atoms with Crippen LogP contribution >= 0.6 is 11.6 Å². The molecule has 0 atom stereocenters. The van der Waals surface area contributed by atoms with Crippen LogP contribution in [0.3, 0.4) is 0 Å². The highest BCUT2D eigenvalue weighted by Crippen LogP contribution is 2.22. The van der Waals surface area contributed by atoms with Gasteiger partial charge >= 0.3 is 0 Å². The molecule has 0 fully saturated rings. The number of hydrogen-bond donors (Lipinski definition) is 0. The first-order valence-corrected chi connectivity index (χ1v) is 8.08. The molecule has 1 heterocycles. The lowest BCUT2D eigenvalue weighted by Crippen LogP contribution is -1.99. The first-order chi connectivity index (χ1) is 11.5. The van der Waals surface area contributed by atoms with Gasteiger partial charge < -0.3 is 4.57 Å². The van der Waals surface area contributed by atoms with Gasteiger partial charge in [-0.05, 0) is 74.9 Å². The van der Waals surface area contributed by atoms with Crippen LogP contribution in [-0.4, -0.2) is 10.8 Å². The summed E-state index contributed by atoms with van der Waals surface area (Å²) >= 11 is 5.97. The minimum Gasteiger partial charge on any atom is -0.318 e. The highest BCUT2D eigenvalue weighted by molar-refractivity contribution is 6.30. The zero-order chi connectivity index (χ0) is 17.3. The SMILES string of the molecule is Cc1cc(N=Cc2cc(C)n(-c3ccc(Cl)cc3)c2C)ccc1F. The van der Waals surface area contributed by atoms with Crippen LogP contribution in [0.1, 0.15) is 22.5 Å². The zero-order valence-corrected chi connectivity index (χ0v) is 14.6. The highest BCUT2D eigenvalue weighted by atomic mass is 35.5. The van der Waals surface area contributed by atoms with Crippen LogP contribution in [0.25, 0.3) is 5.69 Å². The molecular weight excluding hydrogens is 323 g/mol. The van der Waals surface area contributed by atoms with Gasteiger partial charge in [0.1, 0.15) is 5.82 Å². The third-order valence-corrected chi connectivity index (χ3v) is 4.30. The molecule has 4 heteroatoms. The fourth-order valence-corrected chi connectivity index (χ4v) is 2.89. The Balaban J connectivity index is 1.95. The van der Waals surface area contributed by atoms with Crippen molar-refractivity contribution in [1.82, 2.24) is 4.57 Å². The molecule has 3 rings (SSSR count). The number of benzene rings is 2. The van der Waals surface area contributed by atoms with Crippen LogP contribution in [-0.2, 0) is 0 Å². The van der Waals surface area contributed by atoms with E-state index in [4.69, 9.17) is 11.6 Å². The second-order valence-electron chi connectivity index (χ2n) is 5.83. The number of halogens is 2. The molecule has 0 radical (unpaired) electrons. The summed E-state index contributed by atoms with van der Waals surface area (Å²) in [7, 11) is 0. The van der Waals surface area contributed by atoms with E-state index < -0.39 is 0 Å². The van der Waals surface area contributed by atoms with Crippen molar-refractivity contribution >= 4 is 23.5 Å². The van der Waals surface area contributed by atoms with Gasteiger partial charge in [0.05, 0.1) is 5.69 Å². The summed E-state index contributed by atoms with van der Waals surface area (Å²) in [5, 5.41) is 0.717. The normalized spacial score (nSPS) is 11.4. The fraction of sp³-hybridized carbons (Fsp3) is 0.150. The topological polar surface area (TPSA) is 17.3 Å². The van der Waals surface area contributed by atoms with Gasteiger partial charge in [-0.25, -0.2) is 4.39 Å². The number of aliphatic imine (C=N–C) groups is 1. The maximum atomic E-state index is 13.3. The van der Waals surface area contributed by atoms with E-state index in [2.05, 4.69) is 29.5 Å². The lowest BCUT2D eigenvalue weighted by molar-refractivity contribution is 0.618. The molecule has 3 aromatic rings. The zero-order valence-electron chi connectivity index (χ0n) is 13.8. The standard InChI is InChI=1S/C20H18ClFN2/c1-13-10-18(6-9-20(13)22)23-12-16-11-14(2)24(15(16)3)19-7-4-17(21)5-8-19/h4-12H,1-3H3. The van der Waals surface area contributed by atoms with Crippen molar-refractivity contribution in [3.8, 4) is 5.69 Å². The smallest absolute Gasteiger partial charge is 0.126 e. The van der Waals surface area contributed by atoms with E-state index in [0.717, 1.165) is 33.3 Å². The summed E-state index contributed by atoms with van der Waals surface area (Å²) in [5.41, 5.74) is 5.64. The lowest BCUT2D eigenvalue weighted by Gasteiger charge is -2.09. The average molecular weight is 341 g/mol. The largest absolute Gasteiger partial charge is 0.318 e. The first kappa shape index (κ1) is 16.5. The third-order valence-electron chi connectivity index (χ3n) is 4.05. The molecule has 0 aliphatic carbocycles. The van der Waals surface area contributed by atoms with Crippen LogP contribution in [0.4, 0.5) is 10.1 Å². The van der Waals surface area contributed by atoms with Crippen LogP contribution < -0.4 is 0 Å². The maximum Gasteiger partial charge on any atom is 0.126 e. The van der Waals surface area contributed by atoms with E-state index in [1.807, 2.05) is 30.5 Å². The molecule has 24 heavy (non-hydrogen) atoms. The van der Waals surface area contributed by atoms with E-state index in [1.165, 1.54) is 6.07 Å². The number of aryl methyl sites for hydroxylation is 2. The predicted octanol–water partition coefficient (Wildman–Crippen LogP) is 5.95. The number of rotatable bonds is 3. The Hall–Kier alpha value is -2.39. The van der Waals surface area contributed by atoms with Crippen LogP contribution in [0.15, 0.2) is 53.5 Å². The molecule has 0 bridgehead atoms. The number of aromatic nitrogens is 1. The van der Waals surface area contributed by atoms with E-state index in [9.17, 15) is 4.39 Å². The number of hydrogen-bond acceptors (Lipinski definition) is 1. The second-order valence-corrected chi connectivity index (χ2v) is 6.27. The van der Waals surface area contributed by atoms with Gasteiger partial charge in [-0.3, -0.25) is 4.99 Å². The Morgan fingerprint density at radius 1 is 1.00 bits per heavy atom. The molecule has 1 aromatic heterocycles. The van der Waals surface area contributed by atoms with Crippen LogP contribution in [0, 0.1) is 26.6 Å². The maximum absolute atomic E-state index is 13.3. The third kappa shape index (κ3) is 3.26. The molecule has 0 spiro atoms. The molecule has 0 aliphatic heterocycles. The van der Waals surface area contributed by atoms with Crippen LogP contribution in [0.5, 0.6) is 0 Å². The van der Waals surface area contributed by atoms with Gasteiger partial charge in [0.2, 0.25) is 0 Å². The molecule has 2 nitrogen and oxygen atoms in total. The van der Waals surface area contributed by atoms with Gasteiger partial charge in [0.15, 0.2) is 0 Å². The van der Waals surface area contributed by atoms with Crippen molar-refractivity contribution in [3.63, 3.8) is 0 Å². The summed E-state index contributed by atoms with van der Waals surface area (Å²) in [6.45, 7) is 5.85. The van der Waals surface area contributed by atoms with Crippen molar-refractivity contribution in [3.05, 3.63) is 81.9 Å². The molecule has 2 aromatic carbocycles. The second kappa shape index (κ2) is 6.62. The molecule has 0 saturated carbocycles. The minimum atomic E-state index is -0.213. The Labute approximate surface area is 146 Å². The summed E-state index contributed by atoms with van der Waals surface area (Å²) in [5.74, 6) is -0.213. The van der Waals surface area contributed by atoms with Crippen molar-refractivity contribution in [2.45, 2.75) is 20.8 Å². The Kier molecular flexibility index (Phi) is 4.54. The van der Waals surface area contributed by atoms with Gasteiger partial charge in [-0.15, -0.1) is 0 Å². The summed E-state index contributed by atoms with van der Waals surface area (Å²) in [4.78, 5) is 4.48. The molecule has 0 unspecified atom stereocenters. The predicted molar refractivity (Wildman–Crippen MR) is 98.6 cm³/mol. The van der Waals surface area contributed by atoms with Gasteiger partial charge in [0.25, 0.3) is 0 Å². The lowest BCUT2D eigenvalue weighted by atomic mass is 10.2. The average Bonchev–Trinajstić information content (AvgIpc) is 2.84. The molecular formula is C20H18ClFN2. The van der Waals surface area contributed by atoms with Crippen molar-refractivity contribution in [2.24, 2.45) is 4.99 Å². The Morgan fingerprint density at radius 2 is 1.71 bits per heavy atom. The molecule has 122 valence electrons. The Morgan fingerprint density at radius 3 is 2.38 bits per heavy atom. The van der Waals surface area contributed by atoms with Crippen molar-refractivity contribution < 1.29 is 4.39 Å². The van der Waals surface area contributed by atoms with E-state index in [-0.39, 0.29) is 5.82 Å². The van der Waals surface area contributed by atoms with E-state index >= 15 is 0 Å². The number of nitrogens with zero attached hydrogens (tertiary/aromatic N) is 2. The van der Waals surface area contributed by atoms with Gasteiger partial charge in [0, 0.05) is 33.9 Å². The van der Waals surface area contributed by atoms with Crippen molar-refractivity contribution in [2.75, 3.05) is 0 Å². The summed E-state index contributed by atoms with van der Waals surface area (Å²) in [6.07, 6.45) is 1.82. The fourth-order valence-electron chi connectivity index (χ4n) is 2.76. The van der Waals surface area contributed by atoms with Crippen LogP contribution in [0.2, 0.25) is 5.02 Å². The highest BCUT2D eigenvalue weighted by Gasteiger charge is 2.09. The van der Waals surface area contributed by atoms with E-state index in [1.54, 1.807) is 19.1 Å². The molecule has 0 aliphatic rings. The molecule has 0 saturated heterocycles. The quantitative estimate of drug-likeness (QED) is 0.524. The van der Waals surface area contributed by atoms with Crippen molar-refractivity contribution in [1.29, 1.82) is 0 Å². The monoisotopic (exact) mass is 340 g/mol. The first-order valence-electron chi connectivity index (χ1n) is 7.71. The summed E-state index contributed by atoms with van der Waals surface area (Å²) in [6, 6.07) is 14.7. The minimum absolute atomic E-state index is 0.213. The van der Waals surface area contributed by atoms with Gasteiger partial charge in [-0.1, -0.05) is 11.6 Å². The molecule has 0 amide bonds. The molecule has 0 N–H and O–H groups in total.